The summed E-state index contributed by atoms with van der Waals surface area (Å²) in [5.41, 5.74) is 2.61. The van der Waals surface area contributed by atoms with E-state index in [2.05, 4.69) is 5.32 Å². The molecule has 0 bridgehead atoms. The van der Waals surface area contributed by atoms with Crippen LogP contribution in [0.3, 0.4) is 0 Å². The van der Waals surface area contributed by atoms with Crippen LogP contribution in [0.5, 0.6) is 11.5 Å². The second kappa shape index (κ2) is 9.92. The zero-order chi connectivity index (χ0) is 19.9. The molecule has 3 aromatic rings. The molecule has 0 saturated carbocycles. The molecule has 0 fully saturated rings. The van der Waals surface area contributed by atoms with Crippen molar-refractivity contribution in [1.29, 1.82) is 0 Å². The second-order valence-electron chi connectivity index (χ2n) is 6.04. The van der Waals surface area contributed by atoms with E-state index in [0.717, 1.165) is 16.8 Å². The Morgan fingerprint density at radius 3 is 2.39 bits per heavy atom. The number of nitrogens with one attached hydrogen (secondary N) is 1. The number of hydrogen-bond donors (Lipinski definition) is 1. The van der Waals surface area contributed by atoms with E-state index in [1.54, 1.807) is 18.2 Å². The van der Waals surface area contributed by atoms with Crippen LogP contribution >= 0.6 is 34.8 Å². The number of benzene rings is 3. The van der Waals surface area contributed by atoms with Crippen LogP contribution in [0.2, 0.25) is 15.1 Å². The molecule has 1 N–H and O–H groups in total. The van der Waals surface area contributed by atoms with E-state index in [1.807, 2.05) is 49.4 Å². The fourth-order valence-electron chi connectivity index (χ4n) is 2.72. The third-order valence-electron chi connectivity index (χ3n) is 4.09. The van der Waals surface area contributed by atoms with Gasteiger partial charge in [0.2, 0.25) is 0 Å². The first-order chi connectivity index (χ1) is 13.6. The summed E-state index contributed by atoms with van der Waals surface area (Å²) in [7, 11) is 0. The lowest BCUT2D eigenvalue weighted by Crippen LogP contribution is -2.06. The van der Waals surface area contributed by atoms with Gasteiger partial charge in [-0.05, 0) is 37.3 Å². The number of anilines is 1. The van der Waals surface area contributed by atoms with Gasteiger partial charge in [-0.2, -0.15) is 0 Å². The minimum Gasteiger partial charge on any atom is -0.490 e. The highest BCUT2D eigenvalue weighted by molar-refractivity contribution is 6.35. The molecule has 0 aliphatic carbocycles. The molecule has 146 valence electrons. The normalized spacial score (nSPS) is 10.6. The SMILES string of the molecule is CCOc1cccc(CNc2cc(Cl)ccc2Cl)c1OCc1ccccc1Cl. The van der Waals surface area contributed by atoms with Gasteiger partial charge in [0.15, 0.2) is 11.5 Å². The Hall–Kier alpha value is -2.07. The maximum absolute atomic E-state index is 6.25. The molecule has 0 atom stereocenters. The topological polar surface area (TPSA) is 30.5 Å². The van der Waals surface area contributed by atoms with E-state index in [9.17, 15) is 0 Å². The smallest absolute Gasteiger partial charge is 0.166 e. The molecule has 0 spiro atoms. The van der Waals surface area contributed by atoms with Crippen LogP contribution in [-0.2, 0) is 13.2 Å². The van der Waals surface area contributed by atoms with Crippen molar-refractivity contribution in [2.24, 2.45) is 0 Å². The molecule has 6 heteroatoms. The summed E-state index contributed by atoms with van der Waals surface area (Å²) >= 11 is 18.6. The Labute approximate surface area is 180 Å². The van der Waals surface area contributed by atoms with Crippen LogP contribution in [0.15, 0.2) is 60.7 Å². The van der Waals surface area contributed by atoms with Crippen LogP contribution in [0, 0.1) is 0 Å². The largest absolute Gasteiger partial charge is 0.490 e. The van der Waals surface area contributed by atoms with Crippen molar-refractivity contribution in [2.45, 2.75) is 20.1 Å². The van der Waals surface area contributed by atoms with Crippen LogP contribution in [-0.4, -0.2) is 6.61 Å². The highest BCUT2D eigenvalue weighted by Crippen LogP contribution is 2.34. The van der Waals surface area contributed by atoms with Gasteiger partial charge in [0, 0.05) is 27.7 Å². The summed E-state index contributed by atoms with van der Waals surface area (Å²) < 4.78 is 11.9. The zero-order valence-electron chi connectivity index (χ0n) is 15.3. The van der Waals surface area contributed by atoms with Gasteiger partial charge in [0.1, 0.15) is 6.61 Å². The lowest BCUT2D eigenvalue weighted by molar-refractivity contribution is 0.267. The summed E-state index contributed by atoms with van der Waals surface area (Å²) in [4.78, 5) is 0. The van der Waals surface area contributed by atoms with Crippen molar-refractivity contribution in [2.75, 3.05) is 11.9 Å². The van der Waals surface area contributed by atoms with E-state index >= 15 is 0 Å². The third-order valence-corrected chi connectivity index (χ3v) is 5.02. The van der Waals surface area contributed by atoms with Gasteiger partial charge in [-0.25, -0.2) is 0 Å². The molecular formula is C22H20Cl3NO2. The Kier molecular flexibility index (Phi) is 7.32. The van der Waals surface area contributed by atoms with Crippen molar-refractivity contribution >= 4 is 40.5 Å². The fraction of sp³-hybridized carbons (Fsp3) is 0.182. The summed E-state index contributed by atoms with van der Waals surface area (Å²) in [5.74, 6) is 1.36. The fourth-order valence-corrected chi connectivity index (χ4v) is 3.27. The number of ether oxygens (including phenoxy) is 2. The maximum Gasteiger partial charge on any atom is 0.166 e. The first-order valence-electron chi connectivity index (χ1n) is 8.88. The predicted octanol–water partition coefficient (Wildman–Crippen LogP) is 7.24. The molecule has 3 nitrogen and oxygen atoms in total. The molecule has 3 rings (SSSR count). The monoisotopic (exact) mass is 435 g/mol. The summed E-state index contributed by atoms with van der Waals surface area (Å²) in [6, 6.07) is 18.7. The van der Waals surface area contributed by atoms with Crippen LogP contribution < -0.4 is 14.8 Å². The van der Waals surface area contributed by atoms with Gasteiger partial charge >= 0.3 is 0 Å². The van der Waals surface area contributed by atoms with E-state index in [4.69, 9.17) is 44.3 Å². The van der Waals surface area contributed by atoms with Gasteiger partial charge in [-0.1, -0.05) is 65.1 Å². The number of hydrogen-bond acceptors (Lipinski definition) is 3. The lowest BCUT2D eigenvalue weighted by Gasteiger charge is -2.17. The van der Waals surface area contributed by atoms with E-state index < -0.39 is 0 Å². The van der Waals surface area contributed by atoms with Gasteiger partial charge < -0.3 is 14.8 Å². The third kappa shape index (κ3) is 5.26. The molecule has 28 heavy (non-hydrogen) atoms. The van der Waals surface area contributed by atoms with Crippen LogP contribution in [0.4, 0.5) is 5.69 Å². The van der Waals surface area contributed by atoms with E-state index in [-0.39, 0.29) is 0 Å². The Morgan fingerprint density at radius 2 is 1.61 bits per heavy atom. The Morgan fingerprint density at radius 1 is 0.821 bits per heavy atom. The van der Waals surface area contributed by atoms with Crippen molar-refractivity contribution in [3.8, 4) is 11.5 Å². The molecule has 0 radical (unpaired) electrons. The standard InChI is InChI=1S/C22H20Cl3NO2/c1-2-27-21-9-5-7-15(13-26-20-12-17(23)10-11-19(20)25)22(21)28-14-16-6-3-4-8-18(16)24/h3-12,26H,2,13-14H2,1H3. The summed E-state index contributed by atoms with van der Waals surface area (Å²) in [6.45, 7) is 3.32. The minimum absolute atomic E-state index is 0.342. The van der Waals surface area contributed by atoms with Gasteiger partial charge in [-0.15, -0.1) is 0 Å². The molecule has 0 unspecified atom stereocenters. The summed E-state index contributed by atoms with van der Waals surface area (Å²) in [6.07, 6.45) is 0. The highest BCUT2D eigenvalue weighted by atomic mass is 35.5. The Bertz CT molecular complexity index is 947. The molecule has 0 heterocycles. The first kappa shape index (κ1) is 20.7. The average Bonchev–Trinajstić information content (AvgIpc) is 2.69. The van der Waals surface area contributed by atoms with E-state index in [0.29, 0.717) is 46.3 Å². The molecule has 0 saturated heterocycles. The molecule has 0 aliphatic rings. The van der Waals surface area contributed by atoms with Crippen LogP contribution in [0.1, 0.15) is 18.1 Å². The van der Waals surface area contributed by atoms with Crippen molar-refractivity contribution in [3.05, 3.63) is 86.9 Å². The number of halogens is 3. The van der Waals surface area contributed by atoms with Gasteiger partial charge in [0.05, 0.1) is 17.3 Å². The molecular weight excluding hydrogens is 417 g/mol. The van der Waals surface area contributed by atoms with Crippen molar-refractivity contribution in [1.82, 2.24) is 0 Å². The lowest BCUT2D eigenvalue weighted by atomic mass is 10.1. The zero-order valence-corrected chi connectivity index (χ0v) is 17.6. The predicted molar refractivity (Wildman–Crippen MR) is 117 cm³/mol. The number of para-hydroxylation sites is 1. The van der Waals surface area contributed by atoms with Crippen molar-refractivity contribution in [3.63, 3.8) is 0 Å². The minimum atomic E-state index is 0.342. The van der Waals surface area contributed by atoms with E-state index in [1.165, 1.54) is 0 Å². The molecule has 0 aliphatic heterocycles. The molecule has 0 amide bonds. The maximum atomic E-state index is 6.25. The molecule has 0 aromatic heterocycles. The Balaban J connectivity index is 1.82. The molecule has 3 aromatic carbocycles. The summed E-state index contributed by atoms with van der Waals surface area (Å²) in [5, 5.41) is 5.20. The second-order valence-corrected chi connectivity index (χ2v) is 7.29. The quantitative estimate of drug-likeness (QED) is 0.404. The highest BCUT2D eigenvalue weighted by Gasteiger charge is 2.13. The average molecular weight is 437 g/mol. The van der Waals surface area contributed by atoms with Crippen molar-refractivity contribution < 1.29 is 9.47 Å². The number of rotatable bonds is 8. The van der Waals surface area contributed by atoms with Gasteiger partial charge in [-0.3, -0.25) is 0 Å². The van der Waals surface area contributed by atoms with Crippen LogP contribution in [0.25, 0.3) is 0 Å². The van der Waals surface area contributed by atoms with Gasteiger partial charge in [0.25, 0.3) is 0 Å². The first-order valence-corrected chi connectivity index (χ1v) is 10.0.